The molecule has 3 heteroatoms. The highest BCUT2D eigenvalue weighted by Gasteiger charge is 2.03. The van der Waals surface area contributed by atoms with Crippen LogP contribution >= 0.6 is 0 Å². The first kappa shape index (κ1) is 12.7. The zero-order chi connectivity index (χ0) is 12.1. The van der Waals surface area contributed by atoms with Crippen LogP contribution in [0.4, 0.5) is 5.69 Å². The third-order valence-electron chi connectivity index (χ3n) is 2.64. The highest BCUT2D eigenvalue weighted by atomic mass is 15.5. The molecule has 0 radical (unpaired) electrons. The normalized spacial score (nSPS) is 11.1. The number of rotatable bonds is 4. The molecule has 0 spiro atoms. The minimum atomic E-state index is 0.893. The summed E-state index contributed by atoms with van der Waals surface area (Å²) in [7, 11) is 0. The van der Waals surface area contributed by atoms with Gasteiger partial charge in [-0.3, -0.25) is 5.01 Å². The van der Waals surface area contributed by atoms with Gasteiger partial charge in [0.25, 0.3) is 0 Å². The monoisotopic (exact) mass is 219 g/mol. The van der Waals surface area contributed by atoms with Crippen molar-refractivity contribution < 1.29 is 0 Å². The van der Waals surface area contributed by atoms with E-state index in [4.69, 9.17) is 0 Å². The molecule has 0 saturated carbocycles. The van der Waals surface area contributed by atoms with Crippen LogP contribution < -0.4 is 0 Å². The maximum Gasteiger partial charge on any atom is 0.0932 e. The topological polar surface area (TPSA) is 28.0 Å². The molecule has 0 atom stereocenters. The lowest BCUT2D eigenvalue weighted by Crippen LogP contribution is -2.14. The van der Waals surface area contributed by atoms with Gasteiger partial charge in [-0.05, 0) is 45.7 Å². The van der Waals surface area contributed by atoms with Crippen molar-refractivity contribution in [2.75, 3.05) is 13.1 Å². The lowest BCUT2D eigenvalue weighted by molar-refractivity contribution is 0.300. The minimum Gasteiger partial charge on any atom is -0.279 e. The summed E-state index contributed by atoms with van der Waals surface area (Å²) in [6.45, 7) is 12.2. The molecule has 0 bridgehead atoms. The SMILES string of the molecule is CCN(CC)N=Nc1c(C)cc(C)cc1C. The molecule has 0 aromatic heterocycles. The van der Waals surface area contributed by atoms with E-state index in [2.05, 4.69) is 57.1 Å². The van der Waals surface area contributed by atoms with E-state index in [1.54, 1.807) is 0 Å². The molecule has 0 saturated heterocycles. The van der Waals surface area contributed by atoms with E-state index in [9.17, 15) is 0 Å². The largest absolute Gasteiger partial charge is 0.279 e. The van der Waals surface area contributed by atoms with Crippen LogP contribution in [0.15, 0.2) is 22.5 Å². The Kier molecular flexibility index (Phi) is 4.47. The summed E-state index contributed by atoms with van der Waals surface area (Å²) in [5.41, 5.74) is 4.65. The van der Waals surface area contributed by atoms with E-state index in [1.165, 1.54) is 16.7 Å². The lowest BCUT2D eigenvalue weighted by atomic mass is 10.1. The summed E-state index contributed by atoms with van der Waals surface area (Å²) in [5, 5.41) is 10.5. The summed E-state index contributed by atoms with van der Waals surface area (Å²) in [6.07, 6.45) is 0. The van der Waals surface area contributed by atoms with Gasteiger partial charge in [0.05, 0.1) is 5.69 Å². The molecule has 0 fully saturated rings. The molecular formula is C13H21N3. The Hall–Kier alpha value is -1.38. The highest BCUT2D eigenvalue weighted by Crippen LogP contribution is 2.25. The van der Waals surface area contributed by atoms with Crippen molar-refractivity contribution in [2.45, 2.75) is 34.6 Å². The molecule has 0 aliphatic carbocycles. The van der Waals surface area contributed by atoms with Gasteiger partial charge in [0.2, 0.25) is 0 Å². The maximum absolute atomic E-state index is 4.34. The van der Waals surface area contributed by atoms with Crippen molar-refractivity contribution >= 4 is 5.69 Å². The molecule has 1 aromatic rings. The van der Waals surface area contributed by atoms with Crippen LogP contribution in [0.3, 0.4) is 0 Å². The Balaban J connectivity index is 2.97. The Bertz CT molecular complexity index is 356. The molecule has 0 aliphatic heterocycles. The molecule has 0 heterocycles. The van der Waals surface area contributed by atoms with E-state index in [0.29, 0.717) is 0 Å². The molecule has 16 heavy (non-hydrogen) atoms. The molecule has 0 amide bonds. The van der Waals surface area contributed by atoms with Gasteiger partial charge >= 0.3 is 0 Å². The van der Waals surface area contributed by atoms with Crippen molar-refractivity contribution in [1.82, 2.24) is 5.01 Å². The van der Waals surface area contributed by atoms with E-state index in [1.807, 2.05) is 5.01 Å². The smallest absolute Gasteiger partial charge is 0.0932 e. The van der Waals surface area contributed by atoms with E-state index in [0.717, 1.165) is 18.8 Å². The van der Waals surface area contributed by atoms with Crippen molar-refractivity contribution in [3.8, 4) is 0 Å². The van der Waals surface area contributed by atoms with Gasteiger partial charge in [-0.15, -0.1) is 5.11 Å². The van der Waals surface area contributed by atoms with Crippen molar-refractivity contribution in [2.24, 2.45) is 10.3 Å². The molecule has 1 aromatic carbocycles. The van der Waals surface area contributed by atoms with Crippen LogP contribution in [0.25, 0.3) is 0 Å². The second kappa shape index (κ2) is 5.64. The summed E-state index contributed by atoms with van der Waals surface area (Å²) < 4.78 is 0. The van der Waals surface area contributed by atoms with Crippen molar-refractivity contribution in [3.63, 3.8) is 0 Å². The zero-order valence-corrected chi connectivity index (χ0v) is 10.9. The average molecular weight is 219 g/mol. The lowest BCUT2D eigenvalue weighted by Gasteiger charge is -2.12. The Morgan fingerprint density at radius 2 is 1.50 bits per heavy atom. The average Bonchev–Trinajstić information content (AvgIpc) is 2.22. The zero-order valence-electron chi connectivity index (χ0n) is 10.9. The summed E-state index contributed by atoms with van der Waals surface area (Å²) in [4.78, 5) is 0. The fourth-order valence-electron chi connectivity index (χ4n) is 1.79. The Morgan fingerprint density at radius 1 is 1.00 bits per heavy atom. The number of nitrogens with zero attached hydrogens (tertiary/aromatic N) is 3. The Labute approximate surface area is 98.2 Å². The molecular weight excluding hydrogens is 198 g/mol. The summed E-state index contributed by atoms with van der Waals surface area (Å²) in [5.74, 6) is 0. The van der Waals surface area contributed by atoms with Gasteiger partial charge in [-0.25, -0.2) is 0 Å². The van der Waals surface area contributed by atoms with Crippen molar-refractivity contribution in [1.29, 1.82) is 0 Å². The molecule has 0 aliphatic rings. The maximum atomic E-state index is 4.34. The fraction of sp³-hybridized carbons (Fsp3) is 0.538. The number of benzene rings is 1. The van der Waals surface area contributed by atoms with Crippen molar-refractivity contribution in [3.05, 3.63) is 28.8 Å². The highest BCUT2D eigenvalue weighted by molar-refractivity contribution is 5.53. The van der Waals surface area contributed by atoms with Crippen LogP contribution in [0.5, 0.6) is 0 Å². The minimum absolute atomic E-state index is 0.893. The van der Waals surface area contributed by atoms with Crippen LogP contribution in [0.1, 0.15) is 30.5 Å². The number of aryl methyl sites for hydroxylation is 3. The van der Waals surface area contributed by atoms with E-state index in [-0.39, 0.29) is 0 Å². The van der Waals surface area contributed by atoms with Gasteiger partial charge in [0.1, 0.15) is 0 Å². The third kappa shape index (κ3) is 3.05. The molecule has 0 N–H and O–H groups in total. The van der Waals surface area contributed by atoms with Crippen LogP contribution in [-0.4, -0.2) is 18.1 Å². The van der Waals surface area contributed by atoms with Gasteiger partial charge in [-0.2, -0.15) is 0 Å². The molecule has 3 nitrogen and oxygen atoms in total. The number of hydrogen-bond acceptors (Lipinski definition) is 2. The van der Waals surface area contributed by atoms with Gasteiger partial charge in [0, 0.05) is 13.1 Å². The summed E-state index contributed by atoms with van der Waals surface area (Å²) in [6, 6.07) is 4.28. The third-order valence-corrected chi connectivity index (χ3v) is 2.64. The standard InChI is InChI=1S/C13H21N3/c1-6-16(7-2)15-14-13-11(4)8-10(3)9-12(13)5/h8-9H,6-7H2,1-5H3. The van der Waals surface area contributed by atoms with Crippen LogP contribution in [0.2, 0.25) is 0 Å². The predicted octanol–water partition coefficient (Wildman–Crippen LogP) is 3.95. The van der Waals surface area contributed by atoms with Crippen LogP contribution in [0, 0.1) is 20.8 Å². The molecule has 1 rings (SSSR count). The van der Waals surface area contributed by atoms with Gasteiger partial charge in [-0.1, -0.05) is 22.9 Å². The van der Waals surface area contributed by atoms with E-state index < -0.39 is 0 Å². The quantitative estimate of drug-likeness (QED) is 0.556. The second-order valence-electron chi connectivity index (χ2n) is 4.08. The first-order chi connectivity index (χ1) is 7.58. The Morgan fingerprint density at radius 3 is 1.94 bits per heavy atom. The van der Waals surface area contributed by atoms with Crippen LogP contribution in [-0.2, 0) is 0 Å². The fourth-order valence-corrected chi connectivity index (χ4v) is 1.79. The van der Waals surface area contributed by atoms with Gasteiger partial charge < -0.3 is 0 Å². The first-order valence-electron chi connectivity index (χ1n) is 5.82. The molecule has 88 valence electrons. The number of hydrogen-bond donors (Lipinski definition) is 0. The second-order valence-corrected chi connectivity index (χ2v) is 4.08. The molecule has 0 unspecified atom stereocenters. The van der Waals surface area contributed by atoms with E-state index >= 15 is 0 Å². The predicted molar refractivity (Wildman–Crippen MR) is 68.1 cm³/mol. The van der Waals surface area contributed by atoms with Gasteiger partial charge in [0.15, 0.2) is 0 Å². The first-order valence-corrected chi connectivity index (χ1v) is 5.82. The summed E-state index contributed by atoms with van der Waals surface area (Å²) >= 11 is 0.